The van der Waals surface area contributed by atoms with E-state index in [1.54, 1.807) is 11.8 Å². The molecule has 0 spiro atoms. The van der Waals surface area contributed by atoms with Crippen molar-refractivity contribution in [3.05, 3.63) is 23.8 Å². The van der Waals surface area contributed by atoms with Gasteiger partial charge in [0.05, 0.1) is 11.8 Å². The summed E-state index contributed by atoms with van der Waals surface area (Å²) in [5, 5.41) is 12.2. The molecule has 1 aromatic carbocycles. The van der Waals surface area contributed by atoms with Gasteiger partial charge in [-0.05, 0) is 17.5 Å². The van der Waals surface area contributed by atoms with Crippen molar-refractivity contribution < 1.29 is 0 Å². The summed E-state index contributed by atoms with van der Waals surface area (Å²) in [7, 11) is 0. The van der Waals surface area contributed by atoms with Gasteiger partial charge in [-0.15, -0.1) is 11.8 Å². The SMILES string of the molecule is CC(C)c1cccc2c1NC(C#N)CS2. The van der Waals surface area contributed by atoms with Crippen molar-refractivity contribution in [1.29, 1.82) is 5.26 Å². The van der Waals surface area contributed by atoms with Crippen molar-refractivity contribution in [3.63, 3.8) is 0 Å². The quantitative estimate of drug-likeness (QED) is 0.786. The second-order valence-electron chi connectivity index (χ2n) is 4.01. The largest absolute Gasteiger partial charge is 0.368 e. The molecular weight excluding hydrogens is 204 g/mol. The minimum Gasteiger partial charge on any atom is -0.368 e. The van der Waals surface area contributed by atoms with Crippen LogP contribution in [-0.4, -0.2) is 11.8 Å². The van der Waals surface area contributed by atoms with E-state index in [4.69, 9.17) is 5.26 Å². The first-order valence-corrected chi connectivity index (χ1v) is 6.12. The van der Waals surface area contributed by atoms with Gasteiger partial charge in [-0.1, -0.05) is 26.0 Å². The van der Waals surface area contributed by atoms with Gasteiger partial charge >= 0.3 is 0 Å². The highest BCUT2D eigenvalue weighted by Gasteiger charge is 2.20. The summed E-state index contributed by atoms with van der Waals surface area (Å²) >= 11 is 1.77. The number of thioether (sulfide) groups is 1. The number of rotatable bonds is 1. The molecule has 2 nitrogen and oxygen atoms in total. The highest BCUT2D eigenvalue weighted by Crippen LogP contribution is 2.38. The number of nitriles is 1. The van der Waals surface area contributed by atoms with Crippen molar-refractivity contribution in [3.8, 4) is 6.07 Å². The zero-order valence-corrected chi connectivity index (χ0v) is 9.77. The van der Waals surface area contributed by atoms with E-state index in [1.807, 2.05) is 0 Å². The van der Waals surface area contributed by atoms with Gasteiger partial charge < -0.3 is 5.32 Å². The maximum atomic E-state index is 8.92. The average Bonchev–Trinajstić information content (AvgIpc) is 2.27. The monoisotopic (exact) mass is 218 g/mol. The molecule has 1 unspecified atom stereocenters. The van der Waals surface area contributed by atoms with E-state index in [0.717, 1.165) is 11.4 Å². The molecule has 0 radical (unpaired) electrons. The lowest BCUT2D eigenvalue weighted by atomic mass is 10.0. The number of hydrogen-bond acceptors (Lipinski definition) is 3. The molecule has 0 amide bonds. The predicted octanol–water partition coefficient (Wildman–Crippen LogP) is 3.22. The molecule has 78 valence electrons. The summed E-state index contributed by atoms with van der Waals surface area (Å²) in [5.74, 6) is 1.33. The number of anilines is 1. The number of fused-ring (bicyclic) bond motifs is 1. The Morgan fingerprint density at radius 1 is 1.53 bits per heavy atom. The minimum absolute atomic E-state index is 0.0533. The maximum Gasteiger partial charge on any atom is 0.124 e. The van der Waals surface area contributed by atoms with E-state index in [1.165, 1.54) is 10.5 Å². The maximum absolute atomic E-state index is 8.92. The zero-order valence-electron chi connectivity index (χ0n) is 8.95. The van der Waals surface area contributed by atoms with Crippen LogP contribution in [0, 0.1) is 11.3 Å². The Morgan fingerprint density at radius 3 is 3.00 bits per heavy atom. The minimum atomic E-state index is -0.0533. The van der Waals surface area contributed by atoms with Gasteiger partial charge in [0.25, 0.3) is 0 Å². The molecule has 2 rings (SSSR count). The van der Waals surface area contributed by atoms with Gasteiger partial charge in [0, 0.05) is 10.6 Å². The van der Waals surface area contributed by atoms with Crippen LogP contribution < -0.4 is 5.32 Å². The van der Waals surface area contributed by atoms with E-state index in [2.05, 4.69) is 43.4 Å². The van der Waals surface area contributed by atoms with Crippen LogP contribution in [0.5, 0.6) is 0 Å². The Hall–Kier alpha value is -1.14. The van der Waals surface area contributed by atoms with Crippen LogP contribution in [0.4, 0.5) is 5.69 Å². The lowest BCUT2D eigenvalue weighted by Crippen LogP contribution is -2.24. The first-order valence-electron chi connectivity index (χ1n) is 5.14. The van der Waals surface area contributed by atoms with Crippen LogP contribution in [-0.2, 0) is 0 Å². The van der Waals surface area contributed by atoms with Crippen molar-refractivity contribution in [2.24, 2.45) is 0 Å². The Kier molecular flexibility index (Phi) is 2.88. The molecule has 15 heavy (non-hydrogen) atoms. The molecule has 1 aliphatic rings. The van der Waals surface area contributed by atoms with Gasteiger partial charge in [-0.2, -0.15) is 5.26 Å². The Bertz CT molecular complexity index is 407. The lowest BCUT2D eigenvalue weighted by Gasteiger charge is -2.25. The summed E-state index contributed by atoms with van der Waals surface area (Å²) in [5.41, 5.74) is 2.47. The molecule has 0 bridgehead atoms. The fourth-order valence-corrected chi connectivity index (χ4v) is 2.76. The molecule has 1 aliphatic heterocycles. The second kappa shape index (κ2) is 4.16. The Labute approximate surface area is 94.7 Å². The third-order valence-corrected chi connectivity index (χ3v) is 3.71. The first-order chi connectivity index (χ1) is 7.22. The van der Waals surface area contributed by atoms with Crippen LogP contribution in [0.25, 0.3) is 0 Å². The average molecular weight is 218 g/mol. The summed E-state index contributed by atoms with van der Waals surface area (Å²) in [4.78, 5) is 1.27. The van der Waals surface area contributed by atoms with Crippen molar-refractivity contribution in [1.82, 2.24) is 0 Å². The summed E-state index contributed by atoms with van der Waals surface area (Å²) in [6, 6.07) is 8.57. The molecule has 3 heteroatoms. The molecule has 1 N–H and O–H groups in total. The van der Waals surface area contributed by atoms with E-state index < -0.39 is 0 Å². The number of para-hydroxylation sites is 1. The van der Waals surface area contributed by atoms with Crippen molar-refractivity contribution in [2.45, 2.75) is 30.7 Å². The number of nitrogens with zero attached hydrogens (tertiary/aromatic N) is 1. The van der Waals surface area contributed by atoms with Gasteiger partial charge in [0.1, 0.15) is 6.04 Å². The van der Waals surface area contributed by atoms with E-state index in [-0.39, 0.29) is 6.04 Å². The Morgan fingerprint density at radius 2 is 2.33 bits per heavy atom. The van der Waals surface area contributed by atoms with Crippen LogP contribution in [0.3, 0.4) is 0 Å². The molecule has 1 aromatic rings. The number of hydrogen-bond donors (Lipinski definition) is 1. The summed E-state index contributed by atoms with van der Waals surface area (Å²) < 4.78 is 0. The number of benzene rings is 1. The van der Waals surface area contributed by atoms with E-state index in [0.29, 0.717) is 5.92 Å². The fraction of sp³-hybridized carbons (Fsp3) is 0.417. The highest BCUT2D eigenvalue weighted by atomic mass is 32.2. The molecule has 0 aliphatic carbocycles. The van der Waals surface area contributed by atoms with E-state index >= 15 is 0 Å². The van der Waals surface area contributed by atoms with E-state index in [9.17, 15) is 0 Å². The van der Waals surface area contributed by atoms with Gasteiger partial charge in [0.15, 0.2) is 0 Å². The third kappa shape index (κ3) is 1.95. The Balaban J connectivity index is 2.41. The van der Waals surface area contributed by atoms with Gasteiger partial charge in [-0.3, -0.25) is 0 Å². The fourth-order valence-electron chi connectivity index (χ4n) is 1.76. The zero-order chi connectivity index (χ0) is 10.8. The predicted molar refractivity (Wildman–Crippen MR) is 64.3 cm³/mol. The summed E-state index contributed by atoms with van der Waals surface area (Å²) in [6.07, 6.45) is 0. The smallest absolute Gasteiger partial charge is 0.124 e. The van der Waals surface area contributed by atoms with Crippen molar-refractivity contribution >= 4 is 17.4 Å². The topological polar surface area (TPSA) is 35.8 Å². The van der Waals surface area contributed by atoms with Crippen LogP contribution >= 0.6 is 11.8 Å². The molecule has 0 saturated carbocycles. The van der Waals surface area contributed by atoms with Crippen LogP contribution in [0.15, 0.2) is 23.1 Å². The normalized spacial score (nSPS) is 19.2. The van der Waals surface area contributed by atoms with Crippen LogP contribution in [0.1, 0.15) is 25.3 Å². The molecule has 1 heterocycles. The van der Waals surface area contributed by atoms with Gasteiger partial charge in [-0.25, -0.2) is 0 Å². The summed E-state index contributed by atoms with van der Waals surface area (Å²) in [6.45, 7) is 4.36. The molecule has 0 fully saturated rings. The van der Waals surface area contributed by atoms with Gasteiger partial charge in [0.2, 0.25) is 0 Å². The molecule has 0 aromatic heterocycles. The molecular formula is C12H14N2S. The van der Waals surface area contributed by atoms with Crippen LogP contribution in [0.2, 0.25) is 0 Å². The molecule has 0 saturated heterocycles. The highest BCUT2D eigenvalue weighted by molar-refractivity contribution is 7.99. The van der Waals surface area contributed by atoms with Crippen molar-refractivity contribution in [2.75, 3.05) is 11.1 Å². The lowest BCUT2D eigenvalue weighted by molar-refractivity contribution is 0.854. The number of nitrogens with one attached hydrogen (secondary N) is 1. The third-order valence-electron chi connectivity index (χ3n) is 2.56. The standard InChI is InChI=1S/C12H14N2S/c1-8(2)10-4-3-5-11-12(10)14-9(6-13)7-15-11/h3-5,8-9,14H,7H2,1-2H3. The molecule has 1 atom stereocenters. The second-order valence-corrected chi connectivity index (χ2v) is 5.07. The first kappa shape index (κ1) is 10.4.